The molecule has 2 amide bonds. The maximum Gasteiger partial charge on any atom is 0.253 e. The molecule has 0 bridgehead atoms. The van der Waals surface area contributed by atoms with Crippen molar-refractivity contribution >= 4 is 38.3 Å². The number of sulfonamides is 1. The minimum Gasteiger partial charge on any atom is -0.495 e. The smallest absolute Gasteiger partial charge is 0.253 e. The third kappa shape index (κ3) is 4.79. The molecule has 162 valence electrons. The van der Waals surface area contributed by atoms with Gasteiger partial charge < -0.3 is 15.0 Å². The van der Waals surface area contributed by atoms with Crippen LogP contribution in [0, 0.1) is 12.8 Å². The largest absolute Gasteiger partial charge is 0.495 e. The van der Waals surface area contributed by atoms with Crippen LogP contribution >= 0.6 is 11.3 Å². The molecule has 0 unspecified atom stereocenters. The number of nitrogens with one attached hydrogen (secondary N) is 2. The van der Waals surface area contributed by atoms with Gasteiger partial charge in [0, 0.05) is 30.0 Å². The first-order valence-electron chi connectivity index (χ1n) is 9.39. The maximum absolute atomic E-state index is 12.9. The van der Waals surface area contributed by atoms with Crippen LogP contribution in [0.5, 0.6) is 5.75 Å². The van der Waals surface area contributed by atoms with Crippen LogP contribution in [0.4, 0.5) is 5.13 Å². The van der Waals surface area contributed by atoms with E-state index in [0.29, 0.717) is 31.1 Å². The minimum absolute atomic E-state index is 0.0913. The molecule has 30 heavy (non-hydrogen) atoms. The summed E-state index contributed by atoms with van der Waals surface area (Å²) in [7, 11) is -1.11. The molecule has 3 rings (SSSR count). The van der Waals surface area contributed by atoms with E-state index in [1.54, 1.807) is 11.0 Å². The Morgan fingerprint density at radius 1 is 1.27 bits per heavy atom. The fourth-order valence-electron chi connectivity index (χ4n) is 3.28. The van der Waals surface area contributed by atoms with Crippen molar-refractivity contribution in [1.82, 2.24) is 14.6 Å². The Morgan fingerprint density at radius 2 is 1.97 bits per heavy atom. The average molecular weight is 453 g/mol. The van der Waals surface area contributed by atoms with Gasteiger partial charge in [-0.3, -0.25) is 9.59 Å². The molecule has 1 aromatic carbocycles. The summed E-state index contributed by atoms with van der Waals surface area (Å²) in [4.78, 5) is 31.1. The number of aromatic nitrogens is 1. The minimum atomic E-state index is -3.78. The topological polar surface area (TPSA) is 118 Å². The van der Waals surface area contributed by atoms with E-state index in [2.05, 4.69) is 15.0 Å². The summed E-state index contributed by atoms with van der Waals surface area (Å²) in [6, 6.07) is 4.32. The van der Waals surface area contributed by atoms with Crippen molar-refractivity contribution < 1.29 is 22.7 Å². The van der Waals surface area contributed by atoms with Crippen LogP contribution in [0.1, 0.15) is 28.9 Å². The Kier molecular flexibility index (Phi) is 6.74. The zero-order valence-corrected chi connectivity index (χ0v) is 18.6. The average Bonchev–Trinajstić information content (AvgIpc) is 3.17. The van der Waals surface area contributed by atoms with E-state index in [9.17, 15) is 18.0 Å². The number of benzene rings is 1. The molecule has 1 aliphatic rings. The molecule has 11 heteroatoms. The molecule has 2 aromatic rings. The number of methoxy groups -OCH3 is 1. The molecular weight excluding hydrogens is 428 g/mol. The zero-order chi connectivity index (χ0) is 21.9. The number of carbonyl (C=O) groups is 2. The summed E-state index contributed by atoms with van der Waals surface area (Å²) in [5.74, 6) is -0.411. The number of piperidine rings is 1. The van der Waals surface area contributed by atoms with Gasteiger partial charge in [0.2, 0.25) is 15.9 Å². The first-order chi connectivity index (χ1) is 14.2. The van der Waals surface area contributed by atoms with E-state index in [0.717, 1.165) is 5.69 Å². The highest BCUT2D eigenvalue weighted by atomic mass is 32.2. The summed E-state index contributed by atoms with van der Waals surface area (Å²) in [5.41, 5.74) is 1.11. The van der Waals surface area contributed by atoms with Crippen molar-refractivity contribution in [2.75, 3.05) is 32.6 Å². The normalized spacial score (nSPS) is 15.1. The lowest BCUT2D eigenvalue weighted by Gasteiger charge is -2.31. The zero-order valence-electron chi connectivity index (χ0n) is 17.0. The molecule has 2 heterocycles. The highest BCUT2D eigenvalue weighted by Gasteiger charge is 2.29. The Balaban J connectivity index is 1.66. The van der Waals surface area contributed by atoms with Crippen molar-refractivity contribution in [3.63, 3.8) is 0 Å². The third-order valence-electron chi connectivity index (χ3n) is 4.97. The number of aryl methyl sites for hydroxylation is 1. The van der Waals surface area contributed by atoms with Gasteiger partial charge in [-0.05, 0) is 45.0 Å². The summed E-state index contributed by atoms with van der Waals surface area (Å²) < 4.78 is 31.8. The predicted molar refractivity (Wildman–Crippen MR) is 113 cm³/mol. The molecular formula is C19H24N4O5S2. The van der Waals surface area contributed by atoms with Crippen molar-refractivity contribution in [2.24, 2.45) is 5.92 Å². The monoisotopic (exact) mass is 452 g/mol. The fourth-order valence-corrected chi connectivity index (χ4v) is 4.89. The Morgan fingerprint density at radius 3 is 2.53 bits per heavy atom. The van der Waals surface area contributed by atoms with E-state index >= 15 is 0 Å². The molecule has 0 saturated carbocycles. The van der Waals surface area contributed by atoms with E-state index in [1.807, 2.05) is 12.3 Å². The SMILES string of the molecule is CNS(=O)(=O)c1cc(C(=O)N2CCC(C(=O)Nc3nc(C)cs3)CC2)ccc1OC. The van der Waals surface area contributed by atoms with Crippen molar-refractivity contribution in [2.45, 2.75) is 24.7 Å². The Bertz CT molecular complexity index is 1040. The highest BCUT2D eigenvalue weighted by Crippen LogP contribution is 2.27. The molecule has 1 saturated heterocycles. The van der Waals surface area contributed by atoms with Gasteiger partial charge >= 0.3 is 0 Å². The molecule has 1 aliphatic heterocycles. The van der Waals surface area contributed by atoms with Gasteiger partial charge in [-0.25, -0.2) is 18.1 Å². The number of thiazole rings is 1. The number of likely N-dealkylation sites (tertiary alicyclic amines) is 1. The van der Waals surface area contributed by atoms with Crippen molar-refractivity contribution in [3.8, 4) is 5.75 Å². The second kappa shape index (κ2) is 9.11. The summed E-state index contributed by atoms with van der Waals surface area (Å²) in [6.07, 6.45) is 1.06. The fraction of sp³-hybridized carbons (Fsp3) is 0.421. The third-order valence-corrected chi connectivity index (χ3v) is 7.28. The van der Waals surface area contributed by atoms with E-state index in [-0.39, 0.29) is 33.9 Å². The summed E-state index contributed by atoms with van der Waals surface area (Å²) in [6.45, 7) is 2.69. The predicted octanol–water partition coefficient (Wildman–Crippen LogP) is 1.86. The first-order valence-corrected chi connectivity index (χ1v) is 11.8. The van der Waals surface area contributed by atoms with E-state index in [4.69, 9.17) is 4.74 Å². The Labute approximate surface area is 179 Å². The van der Waals surface area contributed by atoms with E-state index < -0.39 is 10.0 Å². The molecule has 0 aliphatic carbocycles. The number of hydrogen-bond donors (Lipinski definition) is 2. The number of carbonyl (C=O) groups excluding carboxylic acids is 2. The maximum atomic E-state index is 12.9. The van der Waals surface area contributed by atoms with Gasteiger partial charge in [-0.2, -0.15) is 0 Å². The Hall–Kier alpha value is -2.50. The molecule has 1 aromatic heterocycles. The van der Waals surface area contributed by atoms with Crippen molar-refractivity contribution in [3.05, 3.63) is 34.8 Å². The van der Waals surface area contributed by atoms with Gasteiger partial charge in [0.1, 0.15) is 10.6 Å². The van der Waals surface area contributed by atoms with Gasteiger partial charge in [-0.1, -0.05) is 0 Å². The molecule has 1 fully saturated rings. The standard InChI is InChI=1S/C19H24N4O5S2/c1-12-11-29-19(21-12)22-17(24)13-6-8-23(9-7-13)18(25)14-4-5-15(28-3)16(10-14)30(26,27)20-2/h4-5,10-11,13,20H,6-9H2,1-3H3,(H,21,22,24). The number of nitrogens with zero attached hydrogens (tertiary/aromatic N) is 2. The lowest BCUT2D eigenvalue weighted by atomic mass is 9.95. The van der Waals surface area contributed by atoms with Crippen LogP contribution < -0.4 is 14.8 Å². The number of ether oxygens (including phenoxy) is 1. The van der Waals surface area contributed by atoms with Crippen LogP contribution in [0.25, 0.3) is 0 Å². The van der Waals surface area contributed by atoms with Gasteiger partial charge in [0.15, 0.2) is 5.13 Å². The number of anilines is 1. The van der Waals surface area contributed by atoms with Gasteiger partial charge in [0.05, 0.1) is 12.8 Å². The lowest BCUT2D eigenvalue weighted by Crippen LogP contribution is -2.41. The summed E-state index contributed by atoms with van der Waals surface area (Å²) in [5, 5.41) is 5.27. The van der Waals surface area contributed by atoms with Crippen molar-refractivity contribution in [1.29, 1.82) is 0 Å². The second-order valence-corrected chi connectivity index (χ2v) is 9.64. The summed E-state index contributed by atoms with van der Waals surface area (Å²) >= 11 is 1.38. The highest BCUT2D eigenvalue weighted by molar-refractivity contribution is 7.89. The van der Waals surface area contributed by atoms with Crippen LogP contribution in [0.3, 0.4) is 0 Å². The molecule has 2 N–H and O–H groups in total. The lowest BCUT2D eigenvalue weighted by molar-refractivity contribution is -0.121. The molecule has 0 atom stereocenters. The van der Waals surface area contributed by atoms with Crippen LogP contribution in [-0.2, 0) is 14.8 Å². The molecule has 0 radical (unpaired) electrons. The van der Waals surface area contributed by atoms with Crippen LogP contribution in [0.2, 0.25) is 0 Å². The quantitative estimate of drug-likeness (QED) is 0.691. The molecule has 9 nitrogen and oxygen atoms in total. The van der Waals surface area contributed by atoms with E-state index in [1.165, 1.54) is 37.6 Å². The molecule has 0 spiro atoms. The number of rotatable bonds is 6. The van der Waals surface area contributed by atoms with Gasteiger partial charge in [-0.15, -0.1) is 11.3 Å². The second-order valence-electron chi connectivity index (χ2n) is 6.92. The van der Waals surface area contributed by atoms with Crippen LogP contribution in [-0.4, -0.2) is 57.4 Å². The number of amides is 2. The number of hydrogen-bond acceptors (Lipinski definition) is 7. The first kappa shape index (κ1) is 22.2. The van der Waals surface area contributed by atoms with Gasteiger partial charge in [0.25, 0.3) is 5.91 Å². The van der Waals surface area contributed by atoms with Crippen LogP contribution in [0.15, 0.2) is 28.5 Å².